The minimum absolute atomic E-state index is 0.0838. The molecule has 1 N–H and O–H groups in total. The van der Waals surface area contributed by atoms with Crippen molar-refractivity contribution >= 4 is 5.91 Å². The predicted octanol–water partition coefficient (Wildman–Crippen LogP) is 1.93. The predicted molar refractivity (Wildman–Crippen MR) is 77.9 cm³/mol. The van der Waals surface area contributed by atoms with E-state index in [0.29, 0.717) is 11.8 Å². The molecule has 3 nitrogen and oxygen atoms in total. The normalized spacial score (nSPS) is 20.5. The lowest BCUT2D eigenvalue weighted by molar-refractivity contribution is -0.133. The Morgan fingerprint density at radius 2 is 2.16 bits per heavy atom. The maximum atomic E-state index is 12.2. The van der Waals surface area contributed by atoms with E-state index in [-0.39, 0.29) is 5.92 Å². The second-order valence-electron chi connectivity index (χ2n) is 5.59. The molecule has 1 amide bonds. The Bertz CT molecular complexity index is 404. The summed E-state index contributed by atoms with van der Waals surface area (Å²) < 4.78 is 0. The van der Waals surface area contributed by atoms with Crippen LogP contribution in [0.2, 0.25) is 0 Å². The maximum absolute atomic E-state index is 12.2. The van der Waals surface area contributed by atoms with Crippen LogP contribution in [0.25, 0.3) is 0 Å². The molecule has 1 aliphatic rings. The Morgan fingerprint density at radius 3 is 2.84 bits per heavy atom. The van der Waals surface area contributed by atoms with Crippen molar-refractivity contribution in [1.29, 1.82) is 0 Å². The number of carbonyl (C=O) groups excluding carboxylic acids is 1. The first-order valence-electron chi connectivity index (χ1n) is 7.18. The lowest BCUT2D eigenvalue weighted by Crippen LogP contribution is -2.37. The van der Waals surface area contributed by atoms with Crippen LogP contribution in [0.1, 0.15) is 18.9 Å². The summed E-state index contributed by atoms with van der Waals surface area (Å²) in [6.07, 6.45) is 2.22. The van der Waals surface area contributed by atoms with E-state index in [1.165, 1.54) is 5.56 Å². The van der Waals surface area contributed by atoms with Crippen molar-refractivity contribution in [2.24, 2.45) is 11.8 Å². The molecule has 1 heterocycles. The Morgan fingerprint density at radius 1 is 1.42 bits per heavy atom. The number of nitrogens with one attached hydrogen (secondary N) is 1. The van der Waals surface area contributed by atoms with E-state index < -0.39 is 0 Å². The van der Waals surface area contributed by atoms with Crippen LogP contribution in [0.15, 0.2) is 30.3 Å². The Labute approximate surface area is 116 Å². The second-order valence-corrected chi connectivity index (χ2v) is 5.59. The lowest BCUT2D eigenvalue weighted by Gasteiger charge is -2.21. The third-order valence-electron chi connectivity index (χ3n) is 3.90. The molecule has 0 radical (unpaired) electrons. The first-order valence-corrected chi connectivity index (χ1v) is 7.18. The average Bonchev–Trinajstić information content (AvgIpc) is 2.88. The van der Waals surface area contributed by atoms with Crippen LogP contribution < -0.4 is 5.32 Å². The van der Waals surface area contributed by atoms with Crippen molar-refractivity contribution in [2.45, 2.75) is 19.8 Å². The van der Waals surface area contributed by atoms with E-state index in [1.54, 1.807) is 0 Å². The summed E-state index contributed by atoms with van der Waals surface area (Å²) in [5.41, 5.74) is 1.38. The van der Waals surface area contributed by atoms with Gasteiger partial charge in [-0.3, -0.25) is 4.79 Å². The second kappa shape index (κ2) is 6.71. The van der Waals surface area contributed by atoms with E-state index in [4.69, 9.17) is 0 Å². The smallest absolute Gasteiger partial charge is 0.226 e. The summed E-state index contributed by atoms with van der Waals surface area (Å²) >= 11 is 0. The van der Waals surface area contributed by atoms with Crippen LogP contribution in [-0.2, 0) is 11.2 Å². The minimum atomic E-state index is 0.0838. The topological polar surface area (TPSA) is 32.3 Å². The van der Waals surface area contributed by atoms with E-state index in [9.17, 15) is 4.79 Å². The van der Waals surface area contributed by atoms with E-state index in [2.05, 4.69) is 29.6 Å². The van der Waals surface area contributed by atoms with Gasteiger partial charge in [-0.05, 0) is 31.4 Å². The largest absolute Gasteiger partial charge is 0.342 e. The van der Waals surface area contributed by atoms with Crippen molar-refractivity contribution in [2.75, 3.05) is 26.7 Å². The lowest BCUT2D eigenvalue weighted by atomic mass is 9.99. The van der Waals surface area contributed by atoms with Gasteiger partial charge in [-0.15, -0.1) is 0 Å². The van der Waals surface area contributed by atoms with Gasteiger partial charge in [0.05, 0.1) is 0 Å². The molecule has 2 unspecified atom stereocenters. The van der Waals surface area contributed by atoms with Gasteiger partial charge in [0.2, 0.25) is 5.91 Å². The van der Waals surface area contributed by atoms with Crippen LogP contribution in [0.3, 0.4) is 0 Å². The first-order chi connectivity index (χ1) is 9.20. The first kappa shape index (κ1) is 14.1. The number of amides is 1. The molecule has 19 heavy (non-hydrogen) atoms. The van der Waals surface area contributed by atoms with Crippen molar-refractivity contribution in [3.8, 4) is 0 Å². The van der Waals surface area contributed by atoms with Crippen LogP contribution in [0.5, 0.6) is 0 Å². The standard InChI is InChI=1S/C16H24N2O/c1-13(11-17-2)16(19)18-9-8-15(12-18)10-14-6-4-3-5-7-14/h3-7,13,15,17H,8-12H2,1-2H3. The van der Waals surface area contributed by atoms with Gasteiger partial charge in [-0.1, -0.05) is 37.3 Å². The molecule has 0 spiro atoms. The summed E-state index contributed by atoms with van der Waals surface area (Å²) in [5.74, 6) is 0.999. The number of benzene rings is 1. The number of rotatable bonds is 5. The monoisotopic (exact) mass is 260 g/mol. The highest BCUT2D eigenvalue weighted by atomic mass is 16.2. The summed E-state index contributed by atoms with van der Waals surface area (Å²) in [6, 6.07) is 10.6. The summed E-state index contributed by atoms with van der Waals surface area (Å²) in [5, 5.41) is 3.08. The van der Waals surface area contributed by atoms with E-state index in [0.717, 1.165) is 32.5 Å². The molecular formula is C16H24N2O. The van der Waals surface area contributed by atoms with Gasteiger partial charge in [-0.25, -0.2) is 0 Å². The number of hydrogen-bond donors (Lipinski definition) is 1. The average molecular weight is 260 g/mol. The molecule has 0 aromatic heterocycles. The fourth-order valence-corrected chi connectivity index (χ4v) is 2.85. The zero-order valence-corrected chi connectivity index (χ0v) is 11.9. The van der Waals surface area contributed by atoms with Gasteiger partial charge in [0.15, 0.2) is 0 Å². The van der Waals surface area contributed by atoms with Crippen molar-refractivity contribution < 1.29 is 4.79 Å². The quantitative estimate of drug-likeness (QED) is 0.877. The van der Waals surface area contributed by atoms with Crippen LogP contribution in [-0.4, -0.2) is 37.5 Å². The molecule has 1 aromatic carbocycles. The van der Waals surface area contributed by atoms with Gasteiger partial charge in [0.1, 0.15) is 0 Å². The summed E-state index contributed by atoms with van der Waals surface area (Å²) in [7, 11) is 1.89. The Balaban J connectivity index is 1.84. The third-order valence-corrected chi connectivity index (χ3v) is 3.90. The van der Waals surface area contributed by atoms with Gasteiger partial charge in [0.25, 0.3) is 0 Å². The SMILES string of the molecule is CNCC(C)C(=O)N1CCC(Cc2ccccc2)C1. The molecule has 1 saturated heterocycles. The Kier molecular flexibility index (Phi) is 4.97. The van der Waals surface area contributed by atoms with Crippen molar-refractivity contribution in [3.63, 3.8) is 0 Å². The van der Waals surface area contributed by atoms with E-state index in [1.807, 2.05) is 24.9 Å². The fourth-order valence-electron chi connectivity index (χ4n) is 2.85. The molecule has 0 bridgehead atoms. The highest BCUT2D eigenvalue weighted by molar-refractivity contribution is 5.79. The Hall–Kier alpha value is -1.35. The van der Waals surface area contributed by atoms with Crippen LogP contribution in [0, 0.1) is 11.8 Å². The molecule has 2 atom stereocenters. The number of carbonyl (C=O) groups is 1. The van der Waals surface area contributed by atoms with Crippen LogP contribution in [0.4, 0.5) is 0 Å². The van der Waals surface area contributed by atoms with Crippen LogP contribution >= 0.6 is 0 Å². The molecule has 0 saturated carbocycles. The highest BCUT2D eigenvalue weighted by Gasteiger charge is 2.28. The molecule has 1 aromatic rings. The zero-order chi connectivity index (χ0) is 13.7. The van der Waals surface area contributed by atoms with Gasteiger partial charge in [0, 0.05) is 25.6 Å². The molecule has 104 valence electrons. The number of likely N-dealkylation sites (tertiary alicyclic amines) is 1. The summed E-state index contributed by atoms with van der Waals surface area (Å²) in [4.78, 5) is 14.3. The molecule has 0 aliphatic carbocycles. The fraction of sp³-hybridized carbons (Fsp3) is 0.562. The maximum Gasteiger partial charge on any atom is 0.226 e. The number of hydrogen-bond acceptors (Lipinski definition) is 2. The molecule has 1 fully saturated rings. The molecule has 1 aliphatic heterocycles. The number of nitrogens with zero attached hydrogens (tertiary/aromatic N) is 1. The van der Waals surface area contributed by atoms with E-state index >= 15 is 0 Å². The van der Waals surface area contributed by atoms with Gasteiger partial charge in [-0.2, -0.15) is 0 Å². The minimum Gasteiger partial charge on any atom is -0.342 e. The summed E-state index contributed by atoms with van der Waals surface area (Å²) in [6.45, 7) is 4.61. The van der Waals surface area contributed by atoms with Crippen molar-refractivity contribution in [3.05, 3.63) is 35.9 Å². The molecule has 3 heteroatoms. The van der Waals surface area contributed by atoms with Gasteiger partial charge >= 0.3 is 0 Å². The van der Waals surface area contributed by atoms with Gasteiger partial charge < -0.3 is 10.2 Å². The highest BCUT2D eigenvalue weighted by Crippen LogP contribution is 2.22. The van der Waals surface area contributed by atoms with Crippen molar-refractivity contribution in [1.82, 2.24) is 10.2 Å². The molecular weight excluding hydrogens is 236 g/mol. The molecule has 2 rings (SSSR count). The zero-order valence-electron chi connectivity index (χ0n) is 11.9. The third kappa shape index (κ3) is 3.80.